The molecule has 9 heavy (non-hydrogen) atoms. The Labute approximate surface area is 68.2 Å². The van der Waals surface area contributed by atoms with Crippen molar-refractivity contribution in [3.8, 4) is 0 Å². The summed E-state index contributed by atoms with van der Waals surface area (Å²) >= 11 is 7.07. The van der Waals surface area contributed by atoms with Gasteiger partial charge in [-0.25, -0.2) is 0 Å². The molecule has 0 aliphatic heterocycles. The predicted octanol–water partition coefficient (Wildman–Crippen LogP) is 1.54. The second kappa shape index (κ2) is 2.92. The van der Waals surface area contributed by atoms with E-state index < -0.39 is 10.7 Å². The van der Waals surface area contributed by atoms with E-state index in [9.17, 15) is 4.79 Å². The second-order valence-corrected chi connectivity index (χ2v) is 4.37. The summed E-state index contributed by atoms with van der Waals surface area (Å²) in [6.45, 7) is 3.30. The van der Waals surface area contributed by atoms with Gasteiger partial charge in [-0.15, -0.1) is 0 Å². The van der Waals surface area contributed by atoms with Crippen molar-refractivity contribution in [2.45, 2.75) is 23.4 Å². The van der Waals surface area contributed by atoms with Crippen LogP contribution in [0.4, 0.5) is 0 Å². The molecule has 0 aromatic rings. The maximum Gasteiger partial charge on any atom is 0.320 e. The molecule has 0 heterocycles. The van der Waals surface area contributed by atoms with E-state index in [1.54, 1.807) is 13.8 Å². The number of carboxylic acid groups (broad SMARTS) is 1. The molecule has 0 saturated carbocycles. The van der Waals surface area contributed by atoms with Crippen LogP contribution in [0.3, 0.4) is 0 Å². The first kappa shape index (κ1) is 9.30. The van der Waals surface area contributed by atoms with E-state index >= 15 is 0 Å². The molecule has 4 heteroatoms. The van der Waals surface area contributed by atoms with Crippen molar-refractivity contribution in [2.24, 2.45) is 0 Å². The fourth-order valence-electron chi connectivity index (χ4n) is 0.170. The van der Waals surface area contributed by atoms with Gasteiger partial charge in [0.2, 0.25) is 0 Å². The molecule has 0 amide bonds. The van der Waals surface area contributed by atoms with Gasteiger partial charge < -0.3 is 5.11 Å². The van der Waals surface area contributed by atoms with Gasteiger partial charge in [0.25, 0.3) is 0 Å². The smallest absolute Gasteiger partial charge is 0.320 e. The van der Waals surface area contributed by atoms with Crippen LogP contribution in [0.25, 0.3) is 0 Å². The van der Waals surface area contributed by atoms with Crippen LogP contribution in [0.5, 0.6) is 0 Å². The number of thiol groups is 1. The van der Waals surface area contributed by atoms with Gasteiger partial charge >= 0.3 is 5.97 Å². The lowest BCUT2D eigenvalue weighted by Crippen LogP contribution is -2.36. The normalized spacial score (nSPS) is 20.4. The average molecular weight is 213 g/mol. The molecule has 0 spiro atoms. The van der Waals surface area contributed by atoms with Gasteiger partial charge in [-0.3, -0.25) is 4.79 Å². The van der Waals surface area contributed by atoms with Gasteiger partial charge in [0, 0.05) is 4.83 Å². The average Bonchev–Trinajstić information content (AvgIpc) is 1.65. The number of carbonyl (C=O) groups is 1. The maximum atomic E-state index is 10.4. The van der Waals surface area contributed by atoms with Crippen LogP contribution in [0.1, 0.15) is 13.8 Å². The molecular weight excluding hydrogens is 204 g/mol. The van der Waals surface area contributed by atoms with Crippen molar-refractivity contribution in [3.63, 3.8) is 0 Å². The number of hydrogen-bond acceptors (Lipinski definition) is 2. The summed E-state index contributed by atoms with van der Waals surface area (Å²) in [5.41, 5.74) is 0. The summed E-state index contributed by atoms with van der Waals surface area (Å²) in [6, 6.07) is 0. The first-order valence-electron chi connectivity index (χ1n) is 2.49. The zero-order chi connectivity index (χ0) is 7.65. The fraction of sp³-hybridized carbons (Fsp3) is 0.800. The number of halogens is 1. The fourth-order valence-corrected chi connectivity index (χ4v) is 0.366. The Morgan fingerprint density at radius 1 is 1.89 bits per heavy atom. The van der Waals surface area contributed by atoms with E-state index in [0.29, 0.717) is 0 Å². The quantitative estimate of drug-likeness (QED) is 0.539. The molecule has 0 saturated heterocycles. The van der Waals surface area contributed by atoms with Crippen LogP contribution in [0.15, 0.2) is 0 Å². The van der Waals surface area contributed by atoms with E-state index in [1.165, 1.54) is 0 Å². The van der Waals surface area contributed by atoms with Gasteiger partial charge in [0.05, 0.1) is 0 Å². The van der Waals surface area contributed by atoms with Gasteiger partial charge in [-0.05, 0) is 6.92 Å². The second-order valence-electron chi connectivity index (χ2n) is 2.07. The minimum atomic E-state index is -0.972. The van der Waals surface area contributed by atoms with Crippen LogP contribution in [0, 0.1) is 0 Å². The van der Waals surface area contributed by atoms with Crippen LogP contribution in [-0.2, 0) is 4.79 Å². The molecule has 0 rings (SSSR count). The Morgan fingerprint density at radius 3 is 2.22 bits per heavy atom. The first-order valence-corrected chi connectivity index (χ1v) is 3.85. The number of alkyl halides is 1. The Hall–Kier alpha value is 0.300. The Bertz CT molecular complexity index is 122. The highest BCUT2D eigenvalue weighted by molar-refractivity contribution is 9.09. The molecule has 0 bridgehead atoms. The molecule has 0 aliphatic carbocycles. The topological polar surface area (TPSA) is 37.3 Å². The van der Waals surface area contributed by atoms with Crippen molar-refractivity contribution in [1.82, 2.24) is 0 Å². The summed E-state index contributed by atoms with van der Waals surface area (Å²) in [5, 5.41) is 8.51. The summed E-state index contributed by atoms with van der Waals surface area (Å²) in [4.78, 5) is 10.2. The summed E-state index contributed by atoms with van der Waals surface area (Å²) in [7, 11) is 0. The highest BCUT2D eigenvalue weighted by Gasteiger charge is 2.33. The molecule has 0 radical (unpaired) electrons. The standard InChI is InChI=1S/C5H9BrO2S/c1-3(6)5(2,9)4(7)8/h3,9H,1-2H3,(H,7,8). The first-order chi connectivity index (χ1) is 3.89. The molecule has 2 unspecified atom stereocenters. The van der Waals surface area contributed by atoms with Gasteiger partial charge in [-0.2, -0.15) is 12.6 Å². The maximum absolute atomic E-state index is 10.4. The monoisotopic (exact) mass is 212 g/mol. The molecule has 0 aromatic heterocycles. The van der Waals surface area contributed by atoms with E-state index in [4.69, 9.17) is 5.11 Å². The van der Waals surface area contributed by atoms with Crippen molar-refractivity contribution in [2.75, 3.05) is 0 Å². The molecule has 54 valence electrons. The van der Waals surface area contributed by atoms with E-state index in [-0.39, 0.29) is 4.83 Å². The molecule has 0 aliphatic rings. The van der Waals surface area contributed by atoms with Gasteiger partial charge in [0.15, 0.2) is 0 Å². The third-order valence-electron chi connectivity index (χ3n) is 1.21. The summed E-state index contributed by atoms with van der Waals surface area (Å²) in [5.74, 6) is -0.907. The van der Waals surface area contributed by atoms with Crippen molar-refractivity contribution in [1.29, 1.82) is 0 Å². The third-order valence-corrected chi connectivity index (χ3v) is 3.06. The zero-order valence-electron chi connectivity index (χ0n) is 5.26. The number of hydrogen-bond donors (Lipinski definition) is 2. The van der Waals surface area contributed by atoms with Crippen LogP contribution >= 0.6 is 28.6 Å². The number of aliphatic carboxylic acids is 1. The molecule has 0 fully saturated rings. The molecule has 0 aromatic carbocycles. The summed E-state index contributed by atoms with van der Waals surface area (Å²) in [6.07, 6.45) is 0. The number of carboxylic acids is 1. The minimum absolute atomic E-state index is 0.133. The van der Waals surface area contributed by atoms with Gasteiger partial charge in [-0.1, -0.05) is 22.9 Å². The largest absolute Gasteiger partial charge is 0.480 e. The van der Waals surface area contributed by atoms with E-state index in [2.05, 4.69) is 28.6 Å². The Morgan fingerprint density at radius 2 is 2.22 bits per heavy atom. The molecular formula is C5H9BrO2S. The minimum Gasteiger partial charge on any atom is -0.480 e. The van der Waals surface area contributed by atoms with Crippen LogP contribution < -0.4 is 0 Å². The lowest BCUT2D eigenvalue weighted by atomic mass is 10.1. The van der Waals surface area contributed by atoms with Crippen LogP contribution in [0.2, 0.25) is 0 Å². The van der Waals surface area contributed by atoms with Gasteiger partial charge in [0.1, 0.15) is 4.75 Å². The van der Waals surface area contributed by atoms with Crippen molar-refractivity contribution >= 4 is 34.5 Å². The zero-order valence-corrected chi connectivity index (χ0v) is 7.74. The molecule has 1 N–H and O–H groups in total. The van der Waals surface area contributed by atoms with Crippen LogP contribution in [-0.4, -0.2) is 20.7 Å². The summed E-state index contributed by atoms with van der Waals surface area (Å²) < 4.78 is -0.972. The molecule has 2 nitrogen and oxygen atoms in total. The predicted molar refractivity (Wildman–Crippen MR) is 43.4 cm³/mol. The van der Waals surface area contributed by atoms with E-state index in [1.807, 2.05) is 0 Å². The highest BCUT2D eigenvalue weighted by Crippen LogP contribution is 2.24. The SMILES string of the molecule is CC(Br)C(C)(S)C(=O)O. The Kier molecular flexibility index (Phi) is 3.02. The highest BCUT2D eigenvalue weighted by atomic mass is 79.9. The number of rotatable bonds is 2. The van der Waals surface area contributed by atoms with Crippen molar-refractivity contribution < 1.29 is 9.90 Å². The molecule has 2 atom stereocenters. The third kappa shape index (κ3) is 2.18. The van der Waals surface area contributed by atoms with Crippen molar-refractivity contribution in [3.05, 3.63) is 0 Å². The lowest BCUT2D eigenvalue weighted by molar-refractivity contribution is -0.139. The van der Waals surface area contributed by atoms with E-state index in [0.717, 1.165) is 0 Å². The lowest BCUT2D eigenvalue weighted by Gasteiger charge is -2.20. The Balaban J connectivity index is 4.19.